The van der Waals surface area contributed by atoms with Gasteiger partial charge >= 0.3 is 6.09 Å². The number of rotatable bonds is 4. The lowest BCUT2D eigenvalue weighted by Crippen LogP contribution is -2.26. The Labute approximate surface area is 132 Å². The van der Waals surface area contributed by atoms with E-state index in [1.165, 1.54) is 18.2 Å². The van der Waals surface area contributed by atoms with Gasteiger partial charge in [-0.25, -0.2) is 9.18 Å². The summed E-state index contributed by atoms with van der Waals surface area (Å²) in [4.78, 5) is 13.5. The third-order valence-electron chi connectivity index (χ3n) is 3.54. The summed E-state index contributed by atoms with van der Waals surface area (Å²) in [5.41, 5.74) is 0.958. The summed E-state index contributed by atoms with van der Waals surface area (Å²) in [6, 6.07) is 4.13. The summed E-state index contributed by atoms with van der Waals surface area (Å²) in [5, 5.41) is 0.00157. The van der Waals surface area contributed by atoms with E-state index >= 15 is 0 Å². The number of ether oxygens (including phenoxy) is 2. The smallest absolute Gasteiger partial charge is 0.414 e. The first-order valence-electron chi connectivity index (χ1n) is 7.05. The van der Waals surface area contributed by atoms with E-state index in [2.05, 4.69) is 6.08 Å². The Hall–Kier alpha value is -2.01. The molecule has 3 rings (SSSR count). The topological polar surface area (TPSA) is 38.8 Å². The number of amides is 1. The van der Waals surface area contributed by atoms with Gasteiger partial charge in [-0.1, -0.05) is 23.8 Å². The Morgan fingerprint density at radius 1 is 1.45 bits per heavy atom. The van der Waals surface area contributed by atoms with Crippen molar-refractivity contribution >= 4 is 17.7 Å². The number of halogens is 2. The van der Waals surface area contributed by atoms with Crippen LogP contribution in [0.15, 0.2) is 42.1 Å². The zero-order valence-electron chi connectivity index (χ0n) is 11.8. The molecule has 4 nitrogen and oxygen atoms in total. The number of allylic oxidation sites excluding steroid dienone is 4. The molecule has 0 N–H and O–H groups in total. The Bertz CT molecular complexity index is 644. The molecule has 0 saturated carbocycles. The second kappa shape index (κ2) is 6.40. The Morgan fingerprint density at radius 2 is 2.32 bits per heavy atom. The van der Waals surface area contributed by atoms with Crippen molar-refractivity contribution in [2.45, 2.75) is 18.9 Å². The average Bonchev–Trinajstić information content (AvgIpc) is 2.90. The van der Waals surface area contributed by atoms with Gasteiger partial charge in [0, 0.05) is 11.8 Å². The summed E-state index contributed by atoms with van der Waals surface area (Å²) in [5.74, 6) is -0.0505. The predicted octanol–water partition coefficient (Wildman–Crippen LogP) is 3.91. The first-order valence-corrected chi connectivity index (χ1v) is 7.43. The van der Waals surface area contributed by atoms with E-state index in [4.69, 9.17) is 21.1 Å². The summed E-state index contributed by atoms with van der Waals surface area (Å²) >= 11 is 5.69. The first-order chi connectivity index (χ1) is 10.6. The van der Waals surface area contributed by atoms with Crippen molar-refractivity contribution in [1.82, 2.24) is 4.90 Å². The minimum atomic E-state index is -0.496. The fraction of sp³-hybridized carbons (Fsp3) is 0.312. The lowest BCUT2D eigenvalue weighted by atomic mass is 10.1. The maximum Gasteiger partial charge on any atom is 0.414 e. The molecule has 1 amide bonds. The van der Waals surface area contributed by atoms with E-state index in [9.17, 15) is 9.18 Å². The molecule has 1 aromatic rings. The molecule has 116 valence electrons. The Kier molecular flexibility index (Phi) is 4.34. The van der Waals surface area contributed by atoms with Crippen LogP contribution in [0, 0.1) is 5.82 Å². The largest absolute Gasteiger partial charge is 0.490 e. The van der Waals surface area contributed by atoms with Crippen molar-refractivity contribution in [3.63, 3.8) is 0 Å². The van der Waals surface area contributed by atoms with Crippen LogP contribution in [0.25, 0.3) is 0 Å². The van der Waals surface area contributed by atoms with E-state index in [1.807, 2.05) is 12.2 Å². The van der Waals surface area contributed by atoms with Crippen LogP contribution >= 0.6 is 11.6 Å². The summed E-state index contributed by atoms with van der Waals surface area (Å²) in [6.07, 6.45) is 6.96. The van der Waals surface area contributed by atoms with Crippen molar-refractivity contribution in [2.75, 3.05) is 13.2 Å². The van der Waals surface area contributed by atoms with Crippen molar-refractivity contribution < 1.29 is 18.7 Å². The van der Waals surface area contributed by atoms with Gasteiger partial charge < -0.3 is 9.47 Å². The minimum absolute atomic E-state index is 0.00157. The fourth-order valence-electron chi connectivity index (χ4n) is 2.41. The number of hydrogen-bond donors (Lipinski definition) is 0. The molecule has 0 bridgehead atoms. The van der Waals surface area contributed by atoms with E-state index < -0.39 is 5.82 Å². The highest BCUT2D eigenvalue weighted by molar-refractivity contribution is 6.30. The second-order valence-electron chi connectivity index (χ2n) is 5.13. The zero-order chi connectivity index (χ0) is 15.5. The summed E-state index contributed by atoms with van der Waals surface area (Å²) < 4.78 is 23.9. The molecular formula is C16H15ClFNO3. The Morgan fingerprint density at radius 3 is 3.05 bits per heavy atom. The molecule has 1 heterocycles. The van der Waals surface area contributed by atoms with Gasteiger partial charge in [-0.2, -0.15) is 0 Å². The van der Waals surface area contributed by atoms with Gasteiger partial charge in [-0.15, -0.1) is 0 Å². The molecule has 1 fully saturated rings. The first kappa shape index (κ1) is 14.9. The molecule has 1 unspecified atom stereocenters. The number of hydrogen-bond acceptors (Lipinski definition) is 3. The molecule has 6 heteroatoms. The van der Waals surface area contributed by atoms with Gasteiger partial charge in [0.2, 0.25) is 0 Å². The molecule has 2 aliphatic rings. The predicted molar refractivity (Wildman–Crippen MR) is 80.3 cm³/mol. The van der Waals surface area contributed by atoms with Crippen LogP contribution in [-0.4, -0.2) is 30.2 Å². The fourth-order valence-corrected chi connectivity index (χ4v) is 2.58. The molecule has 22 heavy (non-hydrogen) atoms. The van der Waals surface area contributed by atoms with Crippen molar-refractivity contribution in [2.24, 2.45) is 0 Å². The molecule has 1 atom stereocenters. The maximum atomic E-state index is 13.1. The van der Waals surface area contributed by atoms with E-state index in [1.54, 1.807) is 4.90 Å². The van der Waals surface area contributed by atoms with Gasteiger partial charge in [-0.3, -0.25) is 4.90 Å². The molecule has 0 spiro atoms. The van der Waals surface area contributed by atoms with Crippen LogP contribution < -0.4 is 4.74 Å². The number of cyclic esters (lactones) is 1. The summed E-state index contributed by atoms with van der Waals surface area (Å²) in [7, 11) is 0. The highest BCUT2D eigenvalue weighted by Crippen LogP contribution is 2.25. The molecule has 1 aliphatic carbocycles. The molecule has 0 aromatic heterocycles. The standard InChI is InChI=1S/C16H15ClFNO3/c17-14-8-12(6-7-15(14)18)21-10-13-9-19(16(20)22-13)11-4-2-1-3-5-11/h1-2,4,6-8,13H,3,5,9-10H2. The van der Waals surface area contributed by atoms with Gasteiger partial charge in [0.25, 0.3) is 0 Å². The second-order valence-corrected chi connectivity index (χ2v) is 5.54. The molecule has 0 radical (unpaired) electrons. The normalized spacial score (nSPS) is 20.8. The highest BCUT2D eigenvalue weighted by atomic mass is 35.5. The van der Waals surface area contributed by atoms with Crippen LogP contribution in [0.3, 0.4) is 0 Å². The minimum Gasteiger partial charge on any atom is -0.490 e. The van der Waals surface area contributed by atoms with Crippen LogP contribution in [0.1, 0.15) is 12.8 Å². The monoisotopic (exact) mass is 323 g/mol. The third-order valence-corrected chi connectivity index (χ3v) is 3.83. The SMILES string of the molecule is O=C1OC(COc2ccc(F)c(Cl)c2)CN1C1=CC=CCC1. The molecule has 1 saturated heterocycles. The zero-order valence-corrected chi connectivity index (χ0v) is 12.6. The van der Waals surface area contributed by atoms with E-state index in [-0.39, 0.29) is 23.8 Å². The number of carbonyl (C=O) groups is 1. The number of nitrogens with zero attached hydrogens (tertiary/aromatic N) is 1. The van der Waals surface area contributed by atoms with Gasteiger partial charge in [0.05, 0.1) is 11.6 Å². The molecule has 1 aliphatic heterocycles. The molecular weight excluding hydrogens is 309 g/mol. The number of benzene rings is 1. The average molecular weight is 324 g/mol. The lowest BCUT2D eigenvalue weighted by Gasteiger charge is -2.18. The highest BCUT2D eigenvalue weighted by Gasteiger charge is 2.33. The van der Waals surface area contributed by atoms with Crippen molar-refractivity contribution in [1.29, 1.82) is 0 Å². The lowest BCUT2D eigenvalue weighted by molar-refractivity contribution is 0.103. The van der Waals surface area contributed by atoms with Gasteiger partial charge in [0.15, 0.2) is 6.10 Å². The number of carbonyl (C=O) groups excluding carboxylic acids is 1. The van der Waals surface area contributed by atoms with Gasteiger partial charge in [-0.05, 0) is 31.1 Å². The van der Waals surface area contributed by atoms with E-state index in [0.29, 0.717) is 12.3 Å². The molecule has 1 aromatic carbocycles. The van der Waals surface area contributed by atoms with Crippen LogP contribution in [0.2, 0.25) is 5.02 Å². The maximum absolute atomic E-state index is 13.1. The van der Waals surface area contributed by atoms with Crippen molar-refractivity contribution in [3.05, 3.63) is 53.0 Å². The van der Waals surface area contributed by atoms with Crippen LogP contribution in [0.5, 0.6) is 5.75 Å². The van der Waals surface area contributed by atoms with Crippen molar-refractivity contribution in [3.8, 4) is 5.75 Å². The van der Waals surface area contributed by atoms with Crippen LogP contribution in [0.4, 0.5) is 9.18 Å². The Balaban J connectivity index is 1.58. The van der Waals surface area contributed by atoms with Crippen LogP contribution in [-0.2, 0) is 4.74 Å². The summed E-state index contributed by atoms with van der Waals surface area (Å²) in [6.45, 7) is 0.654. The third kappa shape index (κ3) is 3.25. The quantitative estimate of drug-likeness (QED) is 0.843. The van der Waals surface area contributed by atoms with Gasteiger partial charge in [0.1, 0.15) is 18.2 Å². The van der Waals surface area contributed by atoms with E-state index in [0.717, 1.165) is 18.5 Å².